The lowest BCUT2D eigenvalue weighted by Crippen LogP contribution is -2.76. The number of piperazine rings is 3. The zero-order valence-electron chi connectivity index (χ0n) is 33.6. The van der Waals surface area contributed by atoms with Crippen molar-refractivity contribution in [1.29, 1.82) is 0 Å². The van der Waals surface area contributed by atoms with E-state index in [1.54, 1.807) is 57.1 Å². The van der Waals surface area contributed by atoms with Gasteiger partial charge in [0.15, 0.2) is 0 Å². The Hall–Kier alpha value is -6.19. The molecular formula is C44H51N9O6. The number of phenolic OH excluding ortho intramolecular Hbond substituents is 1. The summed E-state index contributed by atoms with van der Waals surface area (Å²) in [4.78, 5) is 78.8. The van der Waals surface area contributed by atoms with E-state index < -0.39 is 18.2 Å². The van der Waals surface area contributed by atoms with Crippen molar-refractivity contribution >= 4 is 40.6 Å². The molecule has 0 bridgehead atoms. The van der Waals surface area contributed by atoms with Gasteiger partial charge in [0.2, 0.25) is 17.7 Å². The Morgan fingerprint density at radius 1 is 0.881 bits per heavy atom. The number of rotatable bonds is 9. The molecule has 4 aliphatic heterocycles. The summed E-state index contributed by atoms with van der Waals surface area (Å²) in [6.07, 6.45) is 2.83. The van der Waals surface area contributed by atoms with E-state index in [1.165, 1.54) is 0 Å². The van der Waals surface area contributed by atoms with Crippen molar-refractivity contribution in [2.24, 2.45) is 7.05 Å². The number of carbonyl (C=O) groups is 5. The number of urea groups is 1. The van der Waals surface area contributed by atoms with Gasteiger partial charge in [-0.2, -0.15) is 0 Å². The van der Waals surface area contributed by atoms with E-state index in [2.05, 4.69) is 16.8 Å². The van der Waals surface area contributed by atoms with E-state index in [1.807, 2.05) is 76.1 Å². The third kappa shape index (κ3) is 7.87. The van der Waals surface area contributed by atoms with Gasteiger partial charge in [0.25, 0.3) is 5.91 Å². The lowest BCUT2D eigenvalue weighted by Gasteiger charge is -2.55. The van der Waals surface area contributed by atoms with Gasteiger partial charge < -0.3 is 34.6 Å². The van der Waals surface area contributed by atoms with Gasteiger partial charge in [-0.05, 0) is 28.8 Å². The Morgan fingerprint density at radius 2 is 1.61 bits per heavy atom. The van der Waals surface area contributed by atoms with Crippen molar-refractivity contribution in [2.75, 3.05) is 58.9 Å². The Balaban J connectivity index is 1.10. The number of benzene rings is 3. The van der Waals surface area contributed by atoms with Crippen LogP contribution in [0.2, 0.25) is 0 Å². The van der Waals surface area contributed by atoms with Crippen molar-refractivity contribution in [1.82, 2.24) is 44.4 Å². The third-order valence-corrected chi connectivity index (χ3v) is 12.1. The number of hydrogen-bond donors (Lipinski definition) is 2. The molecule has 15 nitrogen and oxygen atoms in total. The van der Waals surface area contributed by atoms with Crippen molar-refractivity contribution in [3.8, 4) is 5.75 Å². The second-order valence-corrected chi connectivity index (χ2v) is 15.9. The Kier molecular flexibility index (Phi) is 11.1. The van der Waals surface area contributed by atoms with Gasteiger partial charge in [0.1, 0.15) is 18.0 Å². The molecule has 6 amide bonds. The first-order chi connectivity index (χ1) is 28.5. The minimum Gasteiger partial charge on any atom is -0.508 e. The number of nitrogens with zero attached hydrogens (tertiary/aromatic N) is 8. The number of aromatic hydroxyl groups is 1. The number of hydrogen-bond acceptors (Lipinski definition) is 8. The van der Waals surface area contributed by atoms with E-state index in [-0.39, 0.29) is 74.6 Å². The molecule has 4 fully saturated rings. The maximum Gasteiger partial charge on any atom is 0.334 e. The Bertz CT molecular complexity index is 2260. The van der Waals surface area contributed by atoms with Gasteiger partial charge in [-0.25, -0.2) is 14.8 Å². The van der Waals surface area contributed by atoms with Crippen molar-refractivity contribution < 1.29 is 29.1 Å². The van der Waals surface area contributed by atoms with Crippen LogP contribution in [0.3, 0.4) is 0 Å². The second kappa shape index (κ2) is 16.6. The first-order valence-electron chi connectivity index (χ1n) is 20.2. The summed E-state index contributed by atoms with van der Waals surface area (Å²) in [5, 5.41) is 17.0. The van der Waals surface area contributed by atoms with Gasteiger partial charge in [0, 0.05) is 96.9 Å². The summed E-state index contributed by atoms with van der Waals surface area (Å²) < 4.78 is 1.93. The first kappa shape index (κ1) is 39.6. The lowest BCUT2D eigenvalue weighted by molar-refractivity contribution is -0.189. The van der Waals surface area contributed by atoms with Crippen molar-refractivity contribution in [3.63, 3.8) is 0 Å². The zero-order valence-corrected chi connectivity index (χ0v) is 33.6. The van der Waals surface area contributed by atoms with Gasteiger partial charge in [-0.15, -0.1) is 6.58 Å². The number of aromatic nitrogens is 1. The summed E-state index contributed by atoms with van der Waals surface area (Å²) in [5.41, 5.74) is 3.85. The molecule has 4 saturated heterocycles. The monoisotopic (exact) mass is 801 g/mol. The van der Waals surface area contributed by atoms with Crippen LogP contribution in [-0.4, -0.2) is 151 Å². The number of fused-ring (bicyclic) bond motifs is 3. The highest BCUT2D eigenvalue weighted by molar-refractivity contribution is 6.08. The van der Waals surface area contributed by atoms with E-state index >= 15 is 0 Å². The molecule has 1 unspecified atom stereocenters. The van der Waals surface area contributed by atoms with Crippen LogP contribution in [0.25, 0.3) is 10.9 Å². The first-order valence-corrected chi connectivity index (χ1v) is 20.2. The molecule has 0 aliphatic carbocycles. The van der Waals surface area contributed by atoms with Crippen LogP contribution in [0.1, 0.15) is 34.0 Å². The van der Waals surface area contributed by atoms with Crippen LogP contribution in [0.15, 0.2) is 91.6 Å². The predicted octanol–water partition coefficient (Wildman–Crippen LogP) is 2.61. The molecule has 59 heavy (non-hydrogen) atoms. The minimum atomic E-state index is -0.941. The van der Waals surface area contributed by atoms with E-state index in [0.717, 1.165) is 40.7 Å². The molecular weight excluding hydrogens is 751 g/mol. The number of para-hydroxylation sites is 1. The van der Waals surface area contributed by atoms with E-state index in [0.29, 0.717) is 31.7 Å². The Labute approximate surface area is 343 Å². The standard InChI is InChI=1S/C44H51N9O6/c1-4-17-51-29-40(56)52-38(22-31-13-15-35(55)16-14-31)43(58)50(28-39(52)53(51)44(59)45-23-32-9-6-5-7-10-32)24-33-11-8-12-36-37(27-46(3)41(33)36)42(57)49-21-19-47-18-20-48(30(2)54)25-34(47)26-49/h4-16,27,34,38-39,55H,1,17-26,28-29H2,2-3H3,(H,45,59)/t34?,38-,39-/m0/s1. The number of aryl methyl sites for hydroxylation is 1. The lowest BCUT2D eigenvalue weighted by atomic mass is 9.98. The highest BCUT2D eigenvalue weighted by Gasteiger charge is 2.51. The van der Waals surface area contributed by atoms with Crippen LogP contribution in [0.4, 0.5) is 4.79 Å². The second-order valence-electron chi connectivity index (χ2n) is 15.9. The predicted molar refractivity (Wildman–Crippen MR) is 220 cm³/mol. The molecule has 3 aromatic carbocycles. The molecule has 5 heterocycles. The molecule has 308 valence electrons. The molecule has 2 N–H and O–H groups in total. The molecule has 3 atom stereocenters. The molecule has 0 spiro atoms. The largest absolute Gasteiger partial charge is 0.508 e. The summed E-state index contributed by atoms with van der Waals surface area (Å²) in [6.45, 7) is 10.00. The smallest absolute Gasteiger partial charge is 0.334 e. The van der Waals surface area contributed by atoms with E-state index in [9.17, 15) is 29.1 Å². The normalized spacial score (nSPS) is 21.4. The van der Waals surface area contributed by atoms with Crippen LogP contribution < -0.4 is 5.32 Å². The SMILES string of the molecule is C=CCN1CC(=O)N2[C@@H](Cc3ccc(O)cc3)C(=O)N(Cc3cccc4c(C(=O)N5CCN6CCN(C(C)=O)CC6C5)cn(C)c34)C[C@@H]2N1C(=O)NCc1ccccc1. The number of nitrogens with one attached hydrogen (secondary N) is 1. The van der Waals surface area contributed by atoms with Crippen LogP contribution in [-0.2, 0) is 40.9 Å². The van der Waals surface area contributed by atoms with Gasteiger partial charge in [-0.3, -0.25) is 24.1 Å². The average Bonchev–Trinajstić information content (AvgIpc) is 3.58. The van der Waals surface area contributed by atoms with Crippen molar-refractivity contribution in [2.45, 2.75) is 44.7 Å². The zero-order chi connectivity index (χ0) is 41.4. The van der Waals surface area contributed by atoms with Gasteiger partial charge in [-0.1, -0.05) is 66.7 Å². The Morgan fingerprint density at radius 3 is 2.34 bits per heavy atom. The maximum absolute atomic E-state index is 14.8. The summed E-state index contributed by atoms with van der Waals surface area (Å²) in [6, 6.07) is 20.6. The van der Waals surface area contributed by atoms with Crippen LogP contribution >= 0.6 is 0 Å². The van der Waals surface area contributed by atoms with Crippen molar-refractivity contribution in [3.05, 3.63) is 114 Å². The molecule has 0 radical (unpaired) electrons. The number of hydrazine groups is 1. The highest BCUT2D eigenvalue weighted by Crippen LogP contribution is 2.32. The fourth-order valence-electron chi connectivity index (χ4n) is 9.21. The minimum absolute atomic E-state index is 0.0403. The molecule has 0 saturated carbocycles. The summed E-state index contributed by atoms with van der Waals surface area (Å²) >= 11 is 0. The fourth-order valence-corrected chi connectivity index (χ4v) is 9.21. The fraction of sp³-hybridized carbons (Fsp3) is 0.386. The molecule has 8 rings (SSSR count). The molecule has 4 aromatic rings. The summed E-state index contributed by atoms with van der Waals surface area (Å²) in [7, 11) is 1.89. The van der Waals surface area contributed by atoms with E-state index in [4.69, 9.17) is 0 Å². The third-order valence-electron chi connectivity index (χ3n) is 12.1. The topological polar surface area (TPSA) is 145 Å². The molecule has 15 heteroatoms. The number of carbonyl (C=O) groups excluding carboxylic acids is 5. The quantitative estimate of drug-likeness (QED) is 0.246. The van der Waals surface area contributed by atoms with Gasteiger partial charge in [0.05, 0.1) is 24.2 Å². The number of phenols is 1. The highest BCUT2D eigenvalue weighted by atomic mass is 16.3. The molecule has 4 aliphatic rings. The van der Waals surface area contributed by atoms with Crippen LogP contribution in [0, 0.1) is 0 Å². The summed E-state index contributed by atoms with van der Waals surface area (Å²) in [5.74, 6) is -0.493. The maximum atomic E-state index is 14.8. The van der Waals surface area contributed by atoms with Gasteiger partial charge >= 0.3 is 6.03 Å². The average molecular weight is 802 g/mol. The molecule has 1 aromatic heterocycles. The number of amides is 6. The van der Waals surface area contributed by atoms with Crippen LogP contribution in [0.5, 0.6) is 5.75 Å².